The Morgan fingerprint density at radius 1 is 1.04 bits per heavy atom. The van der Waals surface area contributed by atoms with Gasteiger partial charge >= 0.3 is 0 Å². The van der Waals surface area contributed by atoms with Crippen LogP contribution in [0.4, 0.5) is 0 Å². The van der Waals surface area contributed by atoms with Gasteiger partial charge in [-0.1, -0.05) is 27.7 Å². The molecule has 0 aromatic rings. The molecule has 0 fully saturated rings. The first-order chi connectivity index (χ1) is 11.6. The lowest BCUT2D eigenvalue weighted by atomic mass is 10.0. The highest BCUT2D eigenvalue weighted by molar-refractivity contribution is 5.79. The number of likely N-dealkylation sites (N-methyl/N-ethyl adjacent to an activating group) is 1. The van der Waals surface area contributed by atoms with Crippen LogP contribution < -0.4 is 10.6 Å². The minimum Gasteiger partial charge on any atom is -0.382 e. The molecule has 0 aromatic heterocycles. The van der Waals surface area contributed by atoms with Crippen LogP contribution in [0.2, 0.25) is 0 Å². The molecule has 24 heavy (non-hydrogen) atoms. The van der Waals surface area contributed by atoms with Crippen LogP contribution in [0, 0.1) is 5.92 Å². The van der Waals surface area contributed by atoms with Gasteiger partial charge in [0, 0.05) is 32.3 Å². The van der Waals surface area contributed by atoms with Crippen molar-refractivity contribution in [2.75, 3.05) is 45.9 Å². The van der Waals surface area contributed by atoms with Crippen molar-refractivity contribution in [2.45, 2.75) is 66.8 Å². The van der Waals surface area contributed by atoms with Crippen LogP contribution in [-0.2, 0) is 4.74 Å². The zero-order chi connectivity index (χ0) is 18.2. The molecule has 0 rings (SSSR count). The van der Waals surface area contributed by atoms with Gasteiger partial charge in [-0.15, -0.1) is 0 Å². The standard InChI is InChI=1S/C19H42N4O/c1-7-20-19(21-13-11-12-14-24-10-4)22-16-18(15-17(5)6)23(8-2)9-3/h17-18H,7-16H2,1-6H3,(H2,20,21,22). The first-order valence-electron chi connectivity index (χ1n) is 9.92. The van der Waals surface area contributed by atoms with Crippen LogP contribution in [0.25, 0.3) is 0 Å². The van der Waals surface area contributed by atoms with Crippen LogP contribution in [0.1, 0.15) is 60.8 Å². The Balaban J connectivity index is 4.47. The lowest BCUT2D eigenvalue weighted by molar-refractivity contribution is 0.143. The summed E-state index contributed by atoms with van der Waals surface area (Å²) in [5, 5.41) is 6.80. The minimum atomic E-state index is 0.522. The first-order valence-corrected chi connectivity index (χ1v) is 9.92. The van der Waals surface area contributed by atoms with E-state index in [2.05, 4.69) is 50.2 Å². The SMILES string of the molecule is CCNC(=NCC(CC(C)C)N(CC)CC)NCCCCOCC. The highest BCUT2D eigenvalue weighted by Gasteiger charge is 2.17. The molecule has 144 valence electrons. The average molecular weight is 343 g/mol. The van der Waals surface area contributed by atoms with Crippen molar-refractivity contribution in [3.63, 3.8) is 0 Å². The van der Waals surface area contributed by atoms with Crippen LogP contribution in [0.3, 0.4) is 0 Å². The van der Waals surface area contributed by atoms with E-state index in [-0.39, 0.29) is 0 Å². The molecule has 1 unspecified atom stereocenters. The second-order valence-electron chi connectivity index (χ2n) is 6.56. The summed E-state index contributed by atoms with van der Waals surface area (Å²) in [6.07, 6.45) is 3.39. The number of aliphatic imine (C=N–C) groups is 1. The number of hydrogen-bond donors (Lipinski definition) is 2. The summed E-state index contributed by atoms with van der Waals surface area (Å²) in [5.41, 5.74) is 0. The van der Waals surface area contributed by atoms with Gasteiger partial charge in [0.05, 0.1) is 6.54 Å². The van der Waals surface area contributed by atoms with Crippen LogP contribution in [-0.4, -0.2) is 62.8 Å². The first kappa shape index (κ1) is 23.2. The van der Waals surface area contributed by atoms with Crippen molar-refractivity contribution in [2.24, 2.45) is 10.9 Å². The van der Waals surface area contributed by atoms with E-state index in [9.17, 15) is 0 Å². The largest absolute Gasteiger partial charge is 0.382 e. The van der Waals surface area contributed by atoms with Gasteiger partial charge in [-0.2, -0.15) is 0 Å². The number of nitrogens with zero attached hydrogens (tertiary/aromatic N) is 2. The molecule has 0 radical (unpaired) electrons. The minimum absolute atomic E-state index is 0.522. The van der Waals surface area contributed by atoms with E-state index in [1.807, 2.05) is 6.92 Å². The summed E-state index contributed by atoms with van der Waals surface area (Å²) in [5.74, 6) is 1.63. The molecule has 0 aliphatic heterocycles. The second kappa shape index (κ2) is 15.7. The van der Waals surface area contributed by atoms with Gasteiger partial charge in [0.25, 0.3) is 0 Å². The molecule has 0 spiro atoms. The van der Waals surface area contributed by atoms with Crippen molar-refractivity contribution in [1.29, 1.82) is 0 Å². The summed E-state index contributed by atoms with van der Waals surface area (Å²) in [7, 11) is 0. The number of nitrogens with one attached hydrogen (secondary N) is 2. The molecular formula is C19H42N4O. The fraction of sp³-hybridized carbons (Fsp3) is 0.947. The van der Waals surface area contributed by atoms with Crippen molar-refractivity contribution in [3.8, 4) is 0 Å². The van der Waals surface area contributed by atoms with Crippen LogP contribution in [0.5, 0.6) is 0 Å². The zero-order valence-corrected chi connectivity index (χ0v) is 17.0. The molecule has 0 bridgehead atoms. The summed E-state index contributed by atoms with van der Waals surface area (Å²) >= 11 is 0. The van der Waals surface area contributed by atoms with E-state index in [0.29, 0.717) is 12.0 Å². The van der Waals surface area contributed by atoms with Gasteiger partial charge < -0.3 is 15.4 Å². The topological polar surface area (TPSA) is 48.9 Å². The smallest absolute Gasteiger partial charge is 0.191 e. The predicted molar refractivity (Wildman–Crippen MR) is 106 cm³/mol. The average Bonchev–Trinajstić information content (AvgIpc) is 2.55. The van der Waals surface area contributed by atoms with Crippen molar-refractivity contribution in [3.05, 3.63) is 0 Å². The molecule has 0 amide bonds. The van der Waals surface area contributed by atoms with E-state index < -0.39 is 0 Å². The van der Waals surface area contributed by atoms with Crippen LogP contribution >= 0.6 is 0 Å². The normalized spacial score (nSPS) is 13.6. The second-order valence-corrected chi connectivity index (χ2v) is 6.56. The molecule has 0 aliphatic carbocycles. The third kappa shape index (κ3) is 11.7. The fourth-order valence-corrected chi connectivity index (χ4v) is 2.84. The lowest BCUT2D eigenvalue weighted by Gasteiger charge is -2.30. The van der Waals surface area contributed by atoms with Gasteiger partial charge in [-0.05, 0) is 52.1 Å². The van der Waals surface area contributed by atoms with E-state index in [4.69, 9.17) is 9.73 Å². The Bertz CT molecular complexity index is 304. The molecule has 0 aliphatic rings. The quantitative estimate of drug-likeness (QED) is 0.289. The summed E-state index contributed by atoms with van der Waals surface area (Å²) in [6.45, 7) is 19.7. The molecule has 5 nitrogen and oxygen atoms in total. The molecule has 2 N–H and O–H groups in total. The highest BCUT2D eigenvalue weighted by atomic mass is 16.5. The Morgan fingerprint density at radius 2 is 1.75 bits per heavy atom. The third-order valence-corrected chi connectivity index (χ3v) is 4.09. The molecular weight excluding hydrogens is 300 g/mol. The van der Waals surface area contributed by atoms with Gasteiger partial charge in [-0.25, -0.2) is 0 Å². The molecule has 0 saturated heterocycles. The highest BCUT2D eigenvalue weighted by Crippen LogP contribution is 2.12. The Labute approximate surface area is 150 Å². The number of guanidine groups is 1. The maximum atomic E-state index is 5.38. The van der Waals surface area contributed by atoms with E-state index >= 15 is 0 Å². The summed E-state index contributed by atoms with van der Waals surface area (Å²) in [4.78, 5) is 7.36. The van der Waals surface area contributed by atoms with Gasteiger partial charge in [0.1, 0.15) is 0 Å². The molecule has 0 heterocycles. The van der Waals surface area contributed by atoms with Crippen molar-refractivity contribution < 1.29 is 4.74 Å². The number of unbranched alkanes of at least 4 members (excludes halogenated alkanes) is 1. The fourth-order valence-electron chi connectivity index (χ4n) is 2.84. The third-order valence-electron chi connectivity index (χ3n) is 4.09. The zero-order valence-electron chi connectivity index (χ0n) is 17.0. The maximum Gasteiger partial charge on any atom is 0.191 e. The Hall–Kier alpha value is -0.810. The number of rotatable bonds is 14. The van der Waals surface area contributed by atoms with E-state index in [1.54, 1.807) is 0 Å². The molecule has 0 aromatic carbocycles. The van der Waals surface area contributed by atoms with Crippen molar-refractivity contribution in [1.82, 2.24) is 15.5 Å². The van der Waals surface area contributed by atoms with Gasteiger partial charge in [-0.3, -0.25) is 9.89 Å². The van der Waals surface area contributed by atoms with Crippen LogP contribution in [0.15, 0.2) is 4.99 Å². The molecule has 5 heteroatoms. The molecule has 0 saturated carbocycles. The Kier molecular flexibility index (Phi) is 15.2. The number of hydrogen-bond acceptors (Lipinski definition) is 3. The van der Waals surface area contributed by atoms with E-state index in [1.165, 1.54) is 6.42 Å². The lowest BCUT2D eigenvalue weighted by Crippen LogP contribution is -2.41. The molecule has 1 atom stereocenters. The van der Waals surface area contributed by atoms with Crippen molar-refractivity contribution >= 4 is 5.96 Å². The Morgan fingerprint density at radius 3 is 2.29 bits per heavy atom. The predicted octanol–water partition coefficient (Wildman–Crippen LogP) is 3.11. The van der Waals surface area contributed by atoms with Gasteiger partial charge in [0.2, 0.25) is 0 Å². The monoisotopic (exact) mass is 342 g/mol. The van der Waals surface area contributed by atoms with E-state index in [0.717, 1.165) is 64.7 Å². The maximum absolute atomic E-state index is 5.38. The number of ether oxygens (including phenoxy) is 1. The van der Waals surface area contributed by atoms with Gasteiger partial charge in [0.15, 0.2) is 5.96 Å². The summed E-state index contributed by atoms with van der Waals surface area (Å²) < 4.78 is 5.38. The summed E-state index contributed by atoms with van der Waals surface area (Å²) in [6, 6.07) is 0.522.